The van der Waals surface area contributed by atoms with Crippen molar-refractivity contribution >= 4 is 94.1 Å². The average Bonchev–Trinajstić information content (AvgIpc) is 1.91. The number of ether oxygens (including phenoxy) is 5. The molecule has 6 N–H and O–H groups in total. The molecule has 23 nitrogen and oxygen atoms in total. The van der Waals surface area contributed by atoms with Crippen LogP contribution in [0.5, 0.6) is 0 Å². The van der Waals surface area contributed by atoms with Crippen LogP contribution in [0.3, 0.4) is 0 Å². The number of anilines is 5. The summed E-state index contributed by atoms with van der Waals surface area (Å²) >= 11 is 1.91. The van der Waals surface area contributed by atoms with Crippen LogP contribution in [0.25, 0.3) is 55.0 Å². The van der Waals surface area contributed by atoms with Crippen LogP contribution >= 0.6 is 22.6 Å². The number of nitrogens with zero attached hydrogens (tertiary/aromatic N) is 8. The van der Waals surface area contributed by atoms with Gasteiger partial charge in [0.05, 0.1) is 80.9 Å². The molecule has 5 amide bonds. The molecular weight excluding hydrogens is 1790 g/mol. The van der Waals surface area contributed by atoms with E-state index in [1.807, 2.05) is 106 Å². The van der Waals surface area contributed by atoms with E-state index in [2.05, 4.69) is 16.9 Å². The van der Waals surface area contributed by atoms with E-state index in [-0.39, 0.29) is 95.6 Å². The number of aryl methyl sites for hydroxylation is 1. The Bertz CT molecular complexity index is 4970. The number of rotatable bonds is 21. The van der Waals surface area contributed by atoms with Crippen molar-refractivity contribution in [3.8, 4) is 44.5 Å². The van der Waals surface area contributed by atoms with Gasteiger partial charge in [-0.15, -0.1) is 0 Å². The fraction of sp³-hybridized carbons (Fsp3) is 0.283. The normalized spacial score (nSPS) is 16.6. The van der Waals surface area contributed by atoms with Crippen molar-refractivity contribution in [2.24, 2.45) is 10.8 Å². The molecule has 5 aliphatic rings. The summed E-state index contributed by atoms with van der Waals surface area (Å²) in [7, 11) is -1.43. The summed E-state index contributed by atoms with van der Waals surface area (Å²) in [5, 5.41) is 38.6. The van der Waals surface area contributed by atoms with Crippen LogP contribution in [-0.4, -0.2) is 121 Å². The van der Waals surface area contributed by atoms with Gasteiger partial charge in [0.1, 0.15) is 59.6 Å². The number of nitrogens with two attached hydrogens (primary N) is 1. The quantitative estimate of drug-likeness (QED) is 0.00653. The summed E-state index contributed by atoms with van der Waals surface area (Å²) in [6.45, 7) is 14.8. The summed E-state index contributed by atoms with van der Waals surface area (Å²) in [4.78, 5) is 69.0. The molecule has 0 saturated carbocycles. The number of aliphatic hydroxyl groups excluding tert-OH is 2. The van der Waals surface area contributed by atoms with Gasteiger partial charge in [0.2, 0.25) is 0 Å². The molecule has 5 aliphatic heterocycles. The maximum atomic E-state index is 14.6. The van der Waals surface area contributed by atoms with Crippen LogP contribution in [0.2, 0.25) is 0 Å². The molecule has 31 heteroatoms. The Kier molecular flexibility index (Phi) is 37.0. The van der Waals surface area contributed by atoms with Crippen LogP contribution in [0.15, 0.2) is 217 Å². The summed E-state index contributed by atoms with van der Waals surface area (Å²) in [5.41, 5.74) is 26.5. The van der Waals surface area contributed by atoms with Gasteiger partial charge in [-0.2, -0.15) is 0 Å². The van der Waals surface area contributed by atoms with Crippen LogP contribution in [-0.2, 0) is 76.8 Å². The number of hydrogen-bond acceptors (Lipinski definition) is 16. The predicted molar refractivity (Wildman–Crippen MR) is 471 cm³/mol. The minimum Gasteiger partial charge on any atom is -0.444 e. The fourth-order valence-electron chi connectivity index (χ4n) is 13.2. The first-order chi connectivity index (χ1) is 58.3. The largest absolute Gasteiger partial charge is 0.488 e. The standard InChI is InChI=1S/C19H20FNO2.C18H17FN4O2.C18H19FN2O2.C18H18FNO3.C11H11FINO2.C7H9BO3.CH3.Pd/c1-3-13-5-7-14(8-6-13)17-10-9-15(11-18(17)20)21-12-16(4-2)23-19(21)22;1-2-15-11-23(18(24)25-15)14-7-8-16(17(19)9-14)13-5-3-12(4-6-13)10-21-22-20;1-2-15-11-21(18(22)23-15)14-7-8-16(17(19)9-14)13-5-3-12(10-20)4-6-13;1-2-15-10-20(18(22)23-15)14-7-8-16(17(19)9-14)13-5-3-12(11-21)4-6-13;1-2-8-6-14(11(15)16-8)7-3-4-10(13)9(12)5-7;9-5-6-1-3-7(4-2-6)8(10)11;;/h5-11,16H,3-4,12H2,1-2H3;3-9,15H,2,10-11H2,1H3;3-9,15H,2,10-11,20H2,1H3;3-9,15,21H,2,10-11H2,1H3;3-5,8H,2,6H2,1H3;1-4,9-11H,5H2;1H3;/q;;;;;;-1;/t16-;3*15-;8-;;;/m00000.../s1. The Morgan fingerprint density at radius 2 is 0.650 bits per heavy atom. The summed E-state index contributed by atoms with van der Waals surface area (Å²) in [5.74, 6) is -1.82. The summed E-state index contributed by atoms with van der Waals surface area (Å²) < 4.78 is 97.8. The predicted octanol–water partition coefficient (Wildman–Crippen LogP) is 19.7. The van der Waals surface area contributed by atoms with Gasteiger partial charge in [-0.05, 0) is 213 Å². The third kappa shape index (κ3) is 25.7. The number of amides is 5. The van der Waals surface area contributed by atoms with Gasteiger partial charge >= 0.3 is 37.6 Å². The van der Waals surface area contributed by atoms with E-state index in [9.17, 15) is 45.9 Å². The second kappa shape index (κ2) is 46.9. The van der Waals surface area contributed by atoms with E-state index in [0.29, 0.717) is 105 Å². The molecule has 123 heavy (non-hydrogen) atoms. The minimum absolute atomic E-state index is 0. The number of carbonyl (C=O) groups is 5. The Hall–Kier alpha value is -11.2. The smallest absolute Gasteiger partial charge is 0.444 e. The van der Waals surface area contributed by atoms with Crippen molar-refractivity contribution in [3.63, 3.8) is 0 Å². The maximum absolute atomic E-state index is 14.6. The summed E-state index contributed by atoms with van der Waals surface area (Å²) in [6, 6.07) is 59.8. The van der Waals surface area contributed by atoms with E-state index in [0.717, 1.165) is 77.5 Å². The van der Waals surface area contributed by atoms with E-state index in [1.165, 1.54) is 60.4 Å². The van der Waals surface area contributed by atoms with Crippen molar-refractivity contribution in [3.05, 3.63) is 291 Å². The maximum Gasteiger partial charge on any atom is 0.488 e. The van der Waals surface area contributed by atoms with Gasteiger partial charge in [-0.1, -0.05) is 168 Å². The second-order valence-corrected chi connectivity index (χ2v) is 29.7. The van der Waals surface area contributed by atoms with Crippen molar-refractivity contribution < 1.29 is 110 Å². The number of benzene rings is 10. The average molecular weight is 1890 g/mol. The van der Waals surface area contributed by atoms with E-state index in [1.54, 1.807) is 133 Å². The van der Waals surface area contributed by atoms with E-state index < -0.39 is 49.2 Å². The SMILES string of the molecule is CC[C@H]1CN(c2ccc(-c3ccc(CN)cc3)c(F)c2)C(=O)O1.CC[C@H]1CN(c2ccc(-c3ccc(CN=[N+]=[N-])cc3)c(F)c2)C(=O)O1.CC[C@H]1CN(c2ccc(-c3ccc(CO)cc3)c(F)c2)C(=O)O1.CC[C@H]1CN(c2ccc(I)c(F)c2)C(=O)O1.CCc1ccc(-c2ccc(N3C[C@H](CC)OC3=O)cc2F)cc1.OCc1ccc(B(O)O)cc1.[CH3-].[Pd]. The Labute approximate surface area is 739 Å². The van der Waals surface area contributed by atoms with Gasteiger partial charge in [-0.3, -0.25) is 24.5 Å². The van der Waals surface area contributed by atoms with Gasteiger partial charge in [0, 0.05) is 57.7 Å². The van der Waals surface area contributed by atoms with Crippen LogP contribution in [0, 0.1) is 40.1 Å². The molecule has 0 radical (unpaired) electrons. The van der Waals surface area contributed by atoms with Crippen LogP contribution < -0.4 is 35.7 Å². The molecule has 10 aromatic rings. The number of halogens is 6. The second-order valence-electron chi connectivity index (χ2n) is 28.5. The third-order valence-corrected chi connectivity index (χ3v) is 21.5. The molecule has 5 saturated heterocycles. The number of carbonyl (C=O) groups excluding carboxylic acids is 5. The molecule has 5 fully saturated rings. The molecule has 5 heterocycles. The van der Waals surface area contributed by atoms with Crippen molar-refractivity contribution in [1.29, 1.82) is 0 Å². The topological polar surface area (TPSA) is 303 Å². The molecule has 15 rings (SSSR count). The number of cyclic esters (lactones) is 5. The van der Waals surface area contributed by atoms with Crippen LogP contribution in [0.4, 0.5) is 74.4 Å². The van der Waals surface area contributed by atoms with Crippen molar-refractivity contribution in [1.82, 2.24) is 0 Å². The molecule has 0 spiro atoms. The van der Waals surface area contributed by atoms with Gasteiger partial charge in [0.15, 0.2) is 0 Å². The Morgan fingerprint density at radius 1 is 0.398 bits per heavy atom. The number of hydrogen-bond donors (Lipinski definition) is 5. The molecule has 5 atom stereocenters. The van der Waals surface area contributed by atoms with Gasteiger partial charge < -0.3 is 57.1 Å². The molecule has 0 bridgehead atoms. The zero-order valence-electron chi connectivity index (χ0n) is 68.9. The van der Waals surface area contributed by atoms with Crippen LogP contribution in [0.1, 0.15) is 101 Å². The third-order valence-electron chi connectivity index (χ3n) is 20.6. The monoisotopic (exact) mass is 1890 g/mol. The van der Waals surface area contributed by atoms with E-state index in [4.69, 9.17) is 55.2 Å². The summed E-state index contributed by atoms with van der Waals surface area (Å²) in [6.07, 6.45) is 1.96. The van der Waals surface area contributed by atoms with Gasteiger partial charge in [0.25, 0.3) is 0 Å². The van der Waals surface area contributed by atoms with Gasteiger partial charge in [-0.25, -0.2) is 45.9 Å². The molecule has 650 valence electrons. The van der Waals surface area contributed by atoms with Crippen molar-refractivity contribution in [2.75, 3.05) is 57.2 Å². The zero-order chi connectivity index (χ0) is 87.0. The number of azide groups is 1. The van der Waals surface area contributed by atoms with E-state index >= 15 is 0 Å². The molecule has 0 unspecified atom stereocenters. The van der Waals surface area contributed by atoms with Crippen molar-refractivity contribution in [2.45, 2.75) is 137 Å². The Balaban J connectivity index is 0.000000185. The first kappa shape index (κ1) is 97.2. The molecular formula is C92H97BF5IN9O14Pd-. The first-order valence-corrected chi connectivity index (χ1v) is 40.7. The Morgan fingerprint density at radius 3 is 0.878 bits per heavy atom. The minimum atomic E-state index is -1.43. The molecule has 0 aromatic heterocycles. The fourth-order valence-corrected chi connectivity index (χ4v) is 13.6. The molecule has 0 aliphatic carbocycles. The number of aliphatic hydroxyl groups is 2. The first-order valence-electron chi connectivity index (χ1n) is 39.6. The zero-order valence-corrected chi connectivity index (χ0v) is 72.6. The molecule has 10 aromatic carbocycles.